The lowest BCUT2D eigenvalue weighted by atomic mass is 9.41. The van der Waals surface area contributed by atoms with E-state index in [2.05, 4.69) is 32.9 Å². The monoisotopic (exact) mass is 258 g/mol. The number of rotatable bonds is 0. The van der Waals surface area contributed by atoms with Crippen molar-refractivity contribution in [1.29, 1.82) is 0 Å². The molecule has 5 atom stereocenters. The van der Waals surface area contributed by atoms with Crippen LogP contribution in [0.4, 0.5) is 0 Å². The lowest BCUT2D eigenvalue weighted by Gasteiger charge is -2.63. The van der Waals surface area contributed by atoms with Gasteiger partial charge in [-0.25, -0.2) is 0 Å². The number of fused-ring (bicyclic) bond motifs is 3. The largest absolute Gasteiger partial charge is 0.0848 e. The Hall–Kier alpha value is -0.260. The number of hydrogen-bond acceptors (Lipinski definition) is 0. The summed E-state index contributed by atoms with van der Waals surface area (Å²) in [6, 6.07) is 0. The molecule has 2 bridgehead atoms. The average Bonchev–Trinajstić information content (AvgIpc) is 2.64. The molecule has 106 valence electrons. The van der Waals surface area contributed by atoms with Crippen molar-refractivity contribution in [3.63, 3.8) is 0 Å². The molecule has 0 saturated heterocycles. The van der Waals surface area contributed by atoms with Gasteiger partial charge in [0.2, 0.25) is 0 Å². The third-order valence-corrected chi connectivity index (χ3v) is 7.83. The highest BCUT2D eigenvalue weighted by Gasteiger charge is 2.60. The number of hydrogen-bond donors (Lipinski definition) is 0. The maximum absolute atomic E-state index is 2.68. The van der Waals surface area contributed by atoms with E-state index in [-0.39, 0.29) is 0 Å². The summed E-state index contributed by atoms with van der Waals surface area (Å²) in [6.07, 6.45) is 17.2. The van der Waals surface area contributed by atoms with Gasteiger partial charge in [-0.3, -0.25) is 0 Å². The Morgan fingerprint density at radius 3 is 2.58 bits per heavy atom. The molecule has 0 heteroatoms. The van der Waals surface area contributed by atoms with Gasteiger partial charge in [0.25, 0.3) is 0 Å². The molecule has 4 aliphatic carbocycles. The van der Waals surface area contributed by atoms with Gasteiger partial charge in [-0.05, 0) is 78.9 Å². The van der Waals surface area contributed by atoms with E-state index in [1.54, 1.807) is 0 Å². The molecule has 0 aromatic heterocycles. The Balaban J connectivity index is 1.75. The summed E-state index contributed by atoms with van der Waals surface area (Å²) in [7, 11) is 0. The third-order valence-electron chi connectivity index (χ3n) is 7.83. The predicted octanol–water partition coefficient (Wildman–Crippen LogP) is 5.59. The van der Waals surface area contributed by atoms with Crippen LogP contribution in [0, 0.1) is 34.0 Å². The molecule has 4 rings (SSSR count). The summed E-state index contributed by atoms with van der Waals surface area (Å²) >= 11 is 0. The Morgan fingerprint density at radius 1 is 0.895 bits per heavy atom. The maximum atomic E-state index is 2.68. The molecular formula is C19H30. The van der Waals surface area contributed by atoms with Gasteiger partial charge in [-0.1, -0.05) is 39.3 Å². The molecule has 0 unspecified atom stereocenters. The summed E-state index contributed by atoms with van der Waals surface area (Å²) < 4.78 is 0. The van der Waals surface area contributed by atoms with Gasteiger partial charge in [0.1, 0.15) is 0 Å². The van der Waals surface area contributed by atoms with Crippen LogP contribution in [-0.4, -0.2) is 0 Å². The van der Waals surface area contributed by atoms with Crippen molar-refractivity contribution in [2.75, 3.05) is 0 Å². The van der Waals surface area contributed by atoms with Gasteiger partial charge in [0.15, 0.2) is 0 Å². The van der Waals surface area contributed by atoms with Crippen molar-refractivity contribution in [1.82, 2.24) is 0 Å². The summed E-state index contributed by atoms with van der Waals surface area (Å²) in [5.41, 5.74) is 1.86. The second-order valence-electron chi connectivity index (χ2n) is 9.13. The minimum Gasteiger partial charge on any atom is -0.0848 e. The summed E-state index contributed by atoms with van der Waals surface area (Å²) in [5.74, 6) is 2.91. The van der Waals surface area contributed by atoms with Crippen molar-refractivity contribution in [3.05, 3.63) is 12.2 Å². The highest BCUT2D eigenvalue weighted by Crippen LogP contribution is 2.69. The standard InChI is InChI=1S/C19H30/c1-17(2)9-4-10-18(3)15(17)8-12-19-11-7-14(13-19)5-6-16(18)19/h7,11,14-16H,4-6,8-10,12-13H2,1-3H3/t14-,15+,16-,18+,19-/m1/s1. The molecule has 1 spiro atoms. The van der Waals surface area contributed by atoms with Gasteiger partial charge in [-0.15, -0.1) is 0 Å². The smallest absolute Gasteiger partial charge is 0.00789 e. The molecule has 3 saturated carbocycles. The molecule has 19 heavy (non-hydrogen) atoms. The zero-order chi connectivity index (χ0) is 13.3. The SMILES string of the molecule is CC1(C)CCC[C@@]2(C)[C@H]1CC[C@@]13C=C[C@@H](CC[C@@H]12)C3. The fraction of sp³-hybridized carbons (Fsp3) is 0.895. The van der Waals surface area contributed by atoms with E-state index in [1.807, 2.05) is 0 Å². The quantitative estimate of drug-likeness (QED) is 0.497. The third kappa shape index (κ3) is 1.52. The average molecular weight is 258 g/mol. The second-order valence-corrected chi connectivity index (χ2v) is 9.13. The second kappa shape index (κ2) is 3.68. The van der Waals surface area contributed by atoms with E-state index in [0.717, 1.165) is 17.8 Å². The zero-order valence-electron chi connectivity index (χ0n) is 13.0. The van der Waals surface area contributed by atoms with Crippen molar-refractivity contribution in [2.45, 2.75) is 72.1 Å². The Kier molecular flexibility index (Phi) is 2.42. The predicted molar refractivity (Wildman–Crippen MR) is 80.9 cm³/mol. The van der Waals surface area contributed by atoms with Gasteiger partial charge in [0, 0.05) is 0 Å². The molecule has 0 amide bonds. The van der Waals surface area contributed by atoms with Crippen molar-refractivity contribution >= 4 is 0 Å². The molecule has 0 nitrogen and oxygen atoms in total. The van der Waals surface area contributed by atoms with Crippen LogP contribution in [0.2, 0.25) is 0 Å². The van der Waals surface area contributed by atoms with Gasteiger partial charge in [0.05, 0.1) is 0 Å². The molecular weight excluding hydrogens is 228 g/mol. The molecule has 3 fully saturated rings. The lowest BCUT2D eigenvalue weighted by Crippen LogP contribution is -2.55. The molecule has 0 heterocycles. The van der Waals surface area contributed by atoms with Crippen LogP contribution < -0.4 is 0 Å². The first-order valence-corrected chi connectivity index (χ1v) is 8.66. The Morgan fingerprint density at radius 2 is 1.74 bits per heavy atom. The summed E-state index contributed by atoms with van der Waals surface area (Å²) in [4.78, 5) is 0. The van der Waals surface area contributed by atoms with E-state index >= 15 is 0 Å². The molecule has 0 aromatic carbocycles. The zero-order valence-corrected chi connectivity index (χ0v) is 13.0. The first-order valence-electron chi connectivity index (χ1n) is 8.66. The van der Waals surface area contributed by atoms with Gasteiger partial charge in [-0.2, -0.15) is 0 Å². The molecule has 0 aromatic rings. The van der Waals surface area contributed by atoms with Crippen LogP contribution in [0.1, 0.15) is 72.1 Å². The minimum absolute atomic E-state index is 0.591. The topological polar surface area (TPSA) is 0 Å². The molecule has 0 radical (unpaired) electrons. The van der Waals surface area contributed by atoms with Crippen LogP contribution in [0.25, 0.3) is 0 Å². The summed E-state index contributed by atoms with van der Waals surface area (Å²) in [5, 5.41) is 0. The van der Waals surface area contributed by atoms with Crippen molar-refractivity contribution < 1.29 is 0 Å². The van der Waals surface area contributed by atoms with Crippen molar-refractivity contribution in [2.24, 2.45) is 34.0 Å². The van der Waals surface area contributed by atoms with Crippen LogP contribution in [-0.2, 0) is 0 Å². The van der Waals surface area contributed by atoms with Gasteiger partial charge < -0.3 is 0 Å². The first kappa shape index (κ1) is 12.5. The van der Waals surface area contributed by atoms with E-state index in [0.29, 0.717) is 16.2 Å². The minimum atomic E-state index is 0.591. The Bertz CT molecular complexity index is 418. The van der Waals surface area contributed by atoms with E-state index in [4.69, 9.17) is 0 Å². The van der Waals surface area contributed by atoms with Crippen LogP contribution in [0.5, 0.6) is 0 Å². The van der Waals surface area contributed by atoms with E-state index in [1.165, 1.54) is 51.4 Å². The molecule has 0 N–H and O–H groups in total. The van der Waals surface area contributed by atoms with Crippen molar-refractivity contribution in [3.8, 4) is 0 Å². The number of allylic oxidation sites excluding steroid dienone is 2. The van der Waals surface area contributed by atoms with Crippen LogP contribution in [0.3, 0.4) is 0 Å². The molecule has 4 aliphatic rings. The van der Waals surface area contributed by atoms with Crippen LogP contribution >= 0.6 is 0 Å². The lowest BCUT2D eigenvalue weighted by molar-refractivity contribution is -0.133. The van der Waals surface area contributed by atoms with E-state index < -0.39 is 0 Å². The highest BCUT2D eigenvalue weighted by atomic mass is 14.6. The highest BCUT2D eigenvalue weighted by molar-refractivity contribution is 5.21. The summed E-state index contributed by atoms with van der Waals surface area (Å²) in [6.45, 7) is 7.79. The molecule has 0 aliphatic heterocycles. The fourth-order valence-corrected chi connectivity index (χ4v) is 7.14. The van der Waals surface area contributed by atoms with Gasteiger partial charge >= 0.3 is 0 Å². The fourth-order valence-electron chi connectivity index (χ4n) is 7.14. The first-order chi connectivity index (χ1) is 8.96. The maximum Gasteiger partial charge on any atom is -0.00789 e. The Labute approximate surface area is 119 Å². The van der Waals surface area contributed by atoms with Crippen LogP contribution in [0.15, 0.2) is 12.2 Å². The van der Waals surface area contributed by atoms with E-state index in [9.17, 15) is 0 Å². The normalized spacial score (nSPS) is 54.6.